The van der Waals surface area contributed by atoms with E-state index >= 15 is 0 Å². The number of aromatic amines is 1. The van der Waals surface area contributed by atoms with Gasteiger partial charge in [-0.1, -0.05) is 29.8 Å². The van der Waals surface area contributed by atoms with E-state index in [1.165, 1.54) is 16.7 Å². The van der Waals surface area contributed by atoms with Gasteiger partial charge in [-0.15, -0.1) is 0 Å². The Morgan fingerprint density at radius 2 is 1.70 bits per heavy atom. The molecule has 3 rings (SSSR count). The summed E-state index contributed by atoms with van der Waals surface area (Å²) in [6, 6.07) is 18.6. The summed E-state index contributed by atoms with van der Waals surface area (Å²) >= 11 is 2.19. The molecule has 0 unspecified atom stereocenters. The zero-order valence-corrected chi connectivity index (χ0v) is 15.7. The van der Waals surface area contributed by atoms with Crippen molar-refractivity contribution in [3.63, 3.8) is 0 Å². The number of benzene rings is 2. The van der Waals surface area contributed by atoms with Crippen LogP contribution in [0.4, 0.5) is 0 Å². The maximum atomic E-state index is 5.40. The van der Waals surface area contributed by atoms with Crippen LogP contribution in [0, 0.1) is 10.7 Å². The van der Waals surface area contributed by atoms with Gasteiger partial charge in [-0.2, -0.15) is 0 Å². The minimum absolute atomic E-state index is 0.639. The van der Waals surface area contributed by atoms with E-state index in [2.05, 4.69) is 72.8 Å². The Morgan fingerprint density at radius 1 is 1.04 bits per heavy atom. The van der Waals surface area contributed by atoms with Crippen LogP contribution >= 0.6 is 0 Å². The summed E-state index contributed by atoms with van der Waals surface area (Å²) in [7, 11) is 1.96. The Labute approximate surface area is 147 Å². The molecular formula is C18H22N4Pt. The number of hydrogen-bond donors (Lipinski definition) is 2. The molecule has 0 aliphatic heterocycles. The summed E-state index contributed by atoms with van der Waals surface area (Å²) < 4.78 is 2.90. The first-order valence-electron chi connectivity index (χ1n) is 7.45. The van der Waals surface area contributed by atoms with Crippen LogP contribution in [-0.2, 0) is 39.4 Å². The molecule has 23 heavy (non-hydrogen) atoms. The van der Waals surface area contributed by atoms with Crippen molar-refractivity contribution in [1.82, 2.24) is 14.8 Å². The zero-order valence-electron chi connectivity index (χ0n) is 13.4. The van der Waals surface area contributed by atoms with Gasteiger partial charge in [0.1, 0.15) is 0 Å². The maximum absolute atomic E-state index is 5.40. The Bertz CT molecular complexity index is 773. The molecule has 0 atom stereocenters. The van der Waals surface area contributed by atoms with E-state index in [-0.39, 0.29) is 0 Å². The minimum atomic E-state index is 0.639. The van der Waals surface area contributed by atoms with Gasteiger partial charge < -0.3 is 5.73 Å². The monoisotopic (exact) mass is 489 g/mol. The van der Waals surface area contributed by atoms with Crippen molar-refractivity contribution < 1.29 is 19.4 Å². The van der Waals surface area contributed by atoms with Gasteiger partial charge in [-0.25, -0.2) is 0 Å². The van der Waals surface area contributed by atoms with Crippen LogP contribution in [0.1, 0.15) is 22.5 Å². The van der Waals surface area contributed by atoms with Crippen molar-refractivity contribution in [3.05, 3.63) is 80.9 Å². The van der Waals surface area contributed by atoms with Crippen molar-refractivity contribution >= 4 is 0 Å². The molecule has 0 bridgehead atoms. The number of nitrogens with one attached hydrogen (secondary N) is 1. The van der Waals surface area contributed by atoms with Crippen LogP contribution in [-0.4, -0.2) is 14.8 Å². The van der Waals surface area contributed by atoms with Crippen LogP contribution in [0.3, 0.4) is 0 Å². The zero-order chi connectivity index (χ0) is 16.7. The van der Waals surface area contributed by atoms with Gasteiger partial charge in [0.2, 0.25) is 0 Å². The molecule has 2 aromatic carbocycles. The molecule has 124 valence electrons. The topological polar surface area (TPSA) is 59.6 Å². The second-order valence-electron chi connectivity index (χ2n) is 5.32. The normalized spacial score (nSPS) is 10.1. The average Bonchev–Trinajstić information content (AvgIpc) is 2.87. The number of rotatable bonds is 3. The molecule has 0 amide bonds. The van der Waals surface area contributed by atoms with Gasteiger partial charge in [0.15, 0.2) is 0 Å². The van der Waals surface area contributed by atoms with Crippen LogP contribution in [0.15, 0.2) is 54.6 Å². The third kappa shape index (κ3) is 5.74. The van der Waals surface area contributed by atoms with Crippen molar-refractivity contribution in [3.8, 4) is 0 Å². The molecule has 0 radical (unpaired) electrons. The van der Waals surface area contributed by atoms with Gasteiger partial charge in [0, 0.05) is 6.54 Å². The standard InChI is InChI=1S/C10H11N3.C8H11N.Pt/c1-13-8-11-10(12-13)7-9-5-3-2-4-6-9;1-7-2-4-8(6-9)5-3-7;/h2-6H,7H2,1H3,(H,11,12);2-5H,6,9H2,1H3;. The fraction of sp³-hybridized carbons (Fsp3) is 0.222. The number of H-pyrrole nitrogens is 1. The number of nitrogens with two attached hydrogens (primary N) is 1. The Hall–Kier alpha value is -1.77. The molecular weight excluding hydrogens is 467 g/mol. The Balaban J connectivity index is 0.000000185. The van der Waals surface area contributed by atoms with Crippen LogP contribution in [0.5, 0.6) is 0 Å². The van der Waals surface area contributed by atoms with Gasteiger partial charge in [-0.05, 0) is 12.5 Å². The Kier molecular flexibility index (Phi) is 6.69. The molecule has 3 N–H and O–H groups in total. The van der Waals surface area contributed by atoms with E-state index in [1.54, 1.807) is 0 Å². The summed E-state index contributed by atoms with van der Waals surface area (Å²) in [5, 5.41) is 3.19. The Morgan fingerprint density at radius 3 is 2.22 bits per heavy atom. The first-order chi connectivity index (χ1) is 11.1. The molecule has 1 heterocycles. The summed E-state index contributed by atoms with van der Waals surface area (Å²) in [5.41, 5.74) is 9.16. The molecule has 0 fully saturated rings. The quantitative estimate of drug-likeness (QED) is 0.595. The predicted octanol–water partition coefficient (Wildman–Crippen LogP) is 2.87. The van der Waals surface area contributed by atoms with E-state index in [9.17, 15) is 0 Å². The molecule has 0 saturated heterocycles. The van der Waals surface area contributed by atoms with Crippen LogP contribution in [0.25, 0.3) is 0 Å². The van der Waals surface area contributed by atoms with Crippen molar-refractivity contribution in [2.45, 2.75) is 19.9 Å². The average molecular weight is 489 g/mol. The SMILES string of the molecule is Cc1ccc(CN)cc1.Cn1[nH]c(Cc2ccccc2)n[c]1=[Pt]. The number of nitrogens with zero attached hydrogens (tertiary/aromatic N) is 2. The molecule has 5 heteroatoms. The summed E-state index contributed by atoms with van der Waals surface area (Å²) in [4.78, 5) is 4.40. The third-order valence-electron chi connectivity index (χ3n) is 3.34. The van der Waals surface area contributed by atoms with Crippen molar-refractivity contribution in [2.24, 2.45) is 12.8 Å². The third-order valence-corrected chi connectivity index (χ3v) is 4.36. The summed E-state index contributed by atoms with van der Waals surface area (Å²) in [6.07, 6.45) is 0.859. The number of hydrogen-bond acceptors (Lipinski definition) is 2. The summed E-state index contributed by atoms with van der Waals surface area (Å²) in [6.45, 7) is 2.71. The fourth-order valence-corrected chi connectivity index (χ4v) is 2.47. The van der Waals surface area contributed by atoms with E-state index in [1.807, 2.05) is 29.9 Å². The van der Waals surface area contributed by atoms with Gasteiger partial charge in [0.25, 0.3) is 0 Å². The van der Waals surface area contributed by atoms with Crippen LogP contribution in [0.2, 0.25) is 0 Å². The molecule has 0 aliphatic carbocycles. The molecule has 4 nitrogen and oxygen atoms in total. The first kappa shape index (κ1) is 17.6. The molecule has 0 spiro atoms. The van der Waals surface area contributed by atoms with E-state index in [0.717, 1.165) is 16.0 Å². The second kappa shape index (κ2) is 8.75. The number of aromatic nitrogens is 3. The van der Waals surface area contributed by atoms with E-state index < -0.39 is 0 Å². The van der Waals surface area contributed by atoms with Gasteiger partial charge >= 0.3 is 93.1 Å². The predicted molar refractivity (Wildman–Crippen MR) is 89.1 cm³/mol. The molecule has 1 aromatic heterocycles. The van der Waals surface area contributed by atoms with Gasteiger partial charge in [0.05, 0.1) is 0 Å². The van der Waals surface area contributed by atoms with Gasteiger partial charge in [-0.3, -0.25) is 0 Å². The van der Waals surface area contributed by atoms with E-state index in [4.69, 9.17) is 5.73 Å². The molecule has 0 saturated carbocycles. The molecule has 0 aliphatic rings. The molecule has 3 aromatic rings. The van der Waals surface area contributed by atoms with E-state index in [0.29, 0.717) is 6.54 Å². The van der Waals surface area contributed by atoms with Crippen molar-refractivity contribution in [1.29, 1.82) is 0 Å². The number of aryl methyl sites for hydroxylation is 2. The fourth-order valence-electron chi connectivity index (χ4n) is 2.03. The van der Waals surface area contributed by atoms with Crippen molar-refractivity contribution in [2.75, 3.05) is 0 Å². The first-order valence-corrected chi connectivity index (χ1v) is 8.59. The van der Waals surface area contributed by atoms with Crippen LogP contribution < -0.4 is 5.73 Å². The summed E-state index contributed by atoms with van der Waals surface area (Å²) in [5.74, 6) is 1.00. The second-order valence-corrected chi connectivity index (χ2v) is 6.34.